The zero-order valence-electron chi connectivity index (χ0n) is 14.7. The second-order valence-electron chi connectivity index (χ2n) is 6.68. The summed E-state index contributed by atoms with van der Waals surface area (Å²) in [5, 5.41) is 0. The van der Waals surface area contributed by atoms with Gasteiger partial charge < -0.3 is 4.74 Å². The summed E-state index contributed by atoms with van der Waals surface area (Å²) in [6.07, 6.45) is 3.67. The van der Waals surface area contributed by atoms with Gasteiger partial charge in [-0.1, -0.05) is 42.5 Å². The second kappa shape index (κ2) is 7.18. The molecule has 4 heteroatoms. The number of ether oxygens (including phenoxy) is 1. The first-order valence-electron chi connectivity index (χ1n) is 8.68. The number of carbonyl (C=O) groups is 2. The molecule has 4 nitrogen and oxygen atoms in total. The van der Waals surface area contributed by atoms with E-state index in [9.17, 15) is 9.59 Å². The highest BCUT2D eigenvalue weighted by molar-refractivity contribution is 6.08. The van der Waals surface area contributed by atoms with Crippen molar-refractivity contribution in [1.82, 2.24) is 0 Å². The van der Waals surface area contributed by atoms with Gasteiger partial charge in [-0.3, -0.25) is 14.6 Å². The average Bonchev–Trinajstić information content (AvgIpc) is 2.59. The predicted octanol–water partition coefficient (Wildman–Crippen LogP) is 3.91. The highest BCUT2D eigenvalue weighted by Crippen LogP contribution is 2.43. The number of aryl methyl sites for hydroxylation is 1. The molecule has 0 spiro atoms. The lowest BCUT2D eigenvalue weighted by molar-refractivity contribution is -0.145. The number of rotatable bonds is 4. The number of esters is 1. The van der Waals surface area contributed by atoms with Crippen LogP contribution in [0.2, 0.25) is 0 Å². The maximum atomic E-state index is 12.7. The summed E-state index contributed by atoms with van der Waals surface area (Å²) in [6.45, 7) is 7.61. The van der Waals surface area contributed by atoms with Crippen molar-refractivity contribution in [3.8, 4) is 0 Å². The lowest BCUT2D eigenvalue weighted by Gasteiger charge is -2.34. The molecule has 2 aliphatic rings. The lowest BCUT2D eigenvalue weighted by Crippen LogP contribution is -2.37. The molecule has 130 valence electrons. The Labute approximate surface area is 148 Å². The Bertz CT molecular complexity index is 771. The molecular weight excluding hydrogens is 314 g/mol. The van der Waals surface area contributed by atoms with E-state index >= 15 is 0 Å². The van der Waals surface area contributed by atoms with Gasteiger partial charge in [-0.05, 0) is 32.3 Å². The van der Waals surface area contributed by atoms with Crippen molar-refractivity contribution in [3.63, 3.8) is 0 Å². The SMILES string of the molecule is C=CCOC(=O)[C@@H]1C(C)=NC2=C(C(=O)CCC2)[C@H]1c1ccc(C)cc1. The van der Waals surface area contributed by atoms with E-state index in [1.165, 1.54) is 0 Å². The van der Waals surface area contributed by atoms with Crippen molar-refractivity contribution in [2.45, 2.75) is 39.0 Å². The molecule has 1 aromatic rings. The Morgan fingerprint density at radius 2 is 2.00 bits per heavy atom. The first kappa shape index (κ1) is 17.3. The second-order valence-corrected chi connectivity index (χ2v) is 6.68. The summed E-state index contributed by atoms with van der Waals surface area (Å²) in [4.78, 5) is 30.0. The topological polar surface area (TPSA) is 55.7 Å². The molecule has 1 aliphatic carbocycles. The van der Waals surface area contributed by atoms with E-state index < -0.39 is 5.92 Å². The standard InChI is InChI=1S/C21H23NO3/c1-4-12-25-21(24)18-14(3)22-16-6-5-7-17(23)20(16)19(18)15-10-8-13(2)9-11-15/h4,8-11,18-19H,1,5-7,12H2,2-3H3/t18-,19+/m1/s1. The zero-order chi connectivity index (χ0) is 18.0. The van der Waals surface area contributed by atoms with Crippen LogP contribution in [0.25, 0.3) is 0 Å². The highest BCUT2D eigenvalue weighted by Gasteiger charge is 2.42. The summed E-state index contributed by atoms with van der Waals surface area (Å²) in [7, 11) is 0. The minimum absolute atomic E-state index is 0.101. The number of nitrogens with zero attached hydrogens (tertiary/aromatic N) is 1. The number of allylic oxidation sites excluding steroid dienone is 2. The molecular formula is C21H23NO3. The first-order chi connectivity index (χ1) is 12.0. The van der Waals surface area contributed by atoms with Crippen molar-refractivity contribution < 1.29 is 14.3 Å². The fourth-order valence-electron chi connectivity index (χ4n) is 3.68. The van der Waals surface area contributed by atoms with Crippen molar-refractivity contribution >= 4 is 17.5 Å². The number of hydrogen-bond donors (Lipinski definition) is 0. The van der Waals surface area contributed by atoms with Crippen LogP contribution in [0.5, 0.6) is 0 Å². The quantitative estimate of drug-likeness (QED) is 0.618. The van der Waals surface area contributed by atoms with Crippen molar-refractivity contribution in [2.24, 2.45) is 10.9 Å². The number of carbonyl (C=O) groups excluding carboxylic acids is 2. The molecule has 1 heterocycles. The van der Waals surface area contributed by atoms with Gasteiger partial charge in [0.25, 0.3) is 0 Å². The Morgan fingerprint density at radius 1 is 1.28 bits per heavy atom. The molecule has 0 aromatic heterocycles. The molecule has 0 saturated heterocycles. The minimum atomic E-state index is -0.566. The molecule has 0 saturated carbocycles. The fourth-order valence-corrected chi connectivity index (χ4v) is 3.68. The molecule has 0 N–H and O–H groups in total. The van der Waals surface area contributed by atoms with Gasteiger partial charge >= 0.3 is 5.97 Å². The molecule has 0 unspecified atom stereocenters. The van der Waals surface area contributed by atoms with Crippen molar-refractivity contribution in [2.75, 3.05) is 6.61 Å². The van der Waals surface area contributed by atoms with Gasteiger partial charge in [0.2, 0.25) is 0 Å². The predicted molar refractivity (Wildman–Crippen MR) is 97.6 cm³/mol. The average molecular weight is 337 g/mol. The van der Waals surface area contributed by atoms with Crippen LogP contribution >= 0.6 is 0 Å². The van der Waals surface area contributed by atoms with Crippen LogP contribution in [-0.4, -0.2) is 24.1 Å². The third-order valence-corrected chi connectivity index (χ3v) is 4.87. The van der Waals surface area contributed by atoms with Crippen LogP contribution in [0.3, 0.4) is 0 Å². The summed E-state index contributed by atoms with van der Waals surface area (Å²) < 4.78 is 5.32. The Morgan fingerprint density at radius 3 is 2.68 bits per heavy atom. The minimum Gasteiger partial charge on any atom is -0.461 e. The van der Waals surface area contributed by atoms with E-state index in [-0.39, 0.29) is 24.3 Å². The lowest BCUT2D eigenvalue weighted by atomic mass is 9.71. The summed E-state index contributed by atoms with van der Waals surface area (Å²) in [5.41, 5.74) is 4.35. The van der Waals surface area contributed by atoms with Crippen LogP contribution < -0.4 is 0 Å². The number of aliphatic imine (C=N–C) groups is 1. The van der Waals surface area contributed by atoms with Gasteiger partial charge in [-0.25, -0.2) is 0 Å². The molecule has 0 amide bonds. The first-order valence-corrected chi connectivity index (χ1v) is 8.68. The summed E-state index contributed by atoms with van der Waals surface area (Å²) in [6, 6.07) is 8.02. The van der Waals surface area contributed by atoms with E-state index in [4.69, 9.17) is 4.74 Å². The van der Waals surface area contributed by atoms with Crippen LogP contribution in [0.4, 0.5) is 0 Å². The van der Waals surface area contributed by atoms with Crippen molar-refractivity contribution in [1.29, 1.82) is 0 Å². The summed E-state index contributed by atoms with van der Waals surface area (Å²) >= 11 is 0. The van der Waals surface area contributed by atoms with E-state index in [0.717, 1.165) is 29.7 Å². The smallest absolute Gasteiger partial charge is 0.315 e. The molecule has 1 aromatic carbocycles. The molecule has 3 rings (SSSR count). The van der Waals surface area contributed by atoms with Gasteiger partial charge in [0.1, 0.15) is 12.5 Å². The zero-order valence-corrected chi connectivity index (χ0v) is 14.7. The van der Waals surface area contributed by atoms with E-state index in [1.807, 2.05) is 38.1 Å². The highest BCUT2D eigenvalue weighted by atomic mass is 16.5. The molecule has 25 heavy (non-hydrogen) atoms. The van der Waals surface area contributed by atoms with Gasteiger partial charge in [0.05, 0.1) is 0 Å². The third kappa shape index (κ3) is 3.34. The number of Topliss-reactive ketones (excluding diaryl/α,β-unsaturated/α-hetero) is 1. The summed E-state index contributed by atoms with van der Waals surface area (Å²) in [5.74, 6) is -1.14. The fraction of sp³-hybridized carbons (Fsp3) is 0.381. The maximum absolute atomic E-state index is 12.7. The third-order valence-electron chi connectivity index (χ3n) is 4.87. The Balaban J connectivity index is 2.10. The van der Waals surface area contributed by atoms with Crippen LogP contribution in [0, 0.1) is 12.8 Å². The number of ketones is 1. The monoisotopic (exact) mass is 337 g/mol. The molecule has 0 bridgehead atoms. The Kier molecular flexibility index (Phi) is 4.98. The van der Waals surface area contributed by atoms with Gasteiger partial charge in [-0.15, -0.1) is 0 Å². The molecule has 0 fully saturated rings. The maximum Gasteiger partial charge on any atom is 0.315 e. The number of benzene rings is 1. The van der Waals surface area contributed by atoms with Crippen molar-refractivity contribution in [3.05, 3.63) is 59.3 Å². The molecule has 0 radical (unpaired) electrons. The van der Waals surface area contributed by atoms with Gasteiger partial charge in [0.15, 0.2) is 5.78 Å². The van der Waals surface area contributed by atoms with Crippen LogP contribution in [0.15, 0.2) is 53.2 Å². The molecule has 1 aliphatic heterocycles. The van der Waals surface area contributed by atoms with E-state index in [1.54, 1.807) is 6.08 Å². The van der Waals surface area contributed by atoms with Gasteiger partial charge in [0, 0.05) is 29.3 Å². The molecule has 2 atom stereocenters. The normalized spacial score (nSPS) is 23.0. The van der Waals surface area contributed by atoms with E-state index in [0.29, 0.717) is 17.7 Å². The largest absolute Gasteiger partial charge is 0.461 e. The van der Waals surface area contributed by atoms with Crippen LogP contribution in [-0.2, 0) is 14.3 Å². The van der Waals surface area contributed by atoms with Crippen LogP contribution in [0.1, 0.15) is 43.2 Å². The van der Waals surface area contributed by atoms with E-state index in [2.05, 4.69) is 11.6 Å². The Hall–Kier alpha value is -2.49. The van der Waals surface area contributed by atoms with Gasteiger partial charge in [-0.2, -0.15) is 0 Å². The number of hydrogen-bond acceptors (Lipinski definition) is 4.